The Kier molecular flexibility index (Phi) is 9.32. The summed E-state index contributed by atoms with van der Waals surface area (Å²) in [5.74, 6) is 1.87. The van der Waals surface area contributed by atoms with Crippen molar-refractivity contribution in [3.05, 3.63) is 89.9 Å². The summed E-state index contributed by atoms with van der Waals surface area (Å²) in [6.07, 6.45) is 1.55. The fourth-order valence-electron chi connectivity index (χ4n) is 3.61. The van der Waals surface area contributed by atoms with E-state index < -0.39 is 0 Å². The lowest BCUT2D eigenvalue weighted by molar-refractivity contribution is -0.132. The molecule has 1 N–H and O–H groups in total. The van der Waals surface area contributed by atoms with Crippen LogP contribution in [0.1, 0.15) is 37.4 Å². The third-order valence-electron chi connectivity index (χ3n) is 5.62. The molecule has 1 aromatic heterocycles. The van der Waals surface area contributed by atoms with E-state index in [0.29, 0.717) is 31.2 Å². The van der Waals surface area contributed by atoms with Gasteiger partial charge in [-0.3, -0.25) is 4.79 Å². The van der Waals surface area contributed by atoms with Crippen molar-refractivity contribution in [3.63, 3.8) is 0 Å². The molecule has 0 aliphatic carbocycles. The van der Waals surface area contributed by atoms with Gasteiger partial charge < -0.3 is 19.5 Å². The molecule has 3 rings (SSSR count). The van der Waals surface area contributed by atoms with Gasteiger partial charge in [-0.2, -0.15) is 0 Å². The minimum atomic E-state index is -0.267. The van der Waals surface area contributed by atoms with Crippen LogP contribution >= 0.6 is 0 Å². The summed E-state index contributed by atoms with van der Waals surface area (Å²) in [5.41, 5.74) is 1.87. The molecule has 1 heterocycles. The van der Waals surface area contributed by atoms with E-state index in [4.69, 9.17) is 4.42 Å². The van der Waals surface area contributed by atoms with Gasteiger partial charge in [0.2, 0.25) is 5.91 Å². The minimum absolute atomic E-state index is 0.0138. The molecule has 0 unspecified atom stereocenters. The summed E-state index contributed by atoms with van der Waals surface area (Å²) in [7, 11) is 0. The summed E-state index contributed by atoms with van der Waals surface area (Å²) >= 11 is 0. The van der Waals surface area contributed by atoms with Crippen molar-refractivity contribution in [1.82, 2.24) is 9.80 Å². The molecule has 0 bridgehead atoms. The maximum absolute atomic E-state index is 13.5. The number of benzene rings is 2. The average Bonchev–Trinajstić information content (AvgIpc) is 3.24. The molecule has 3 amide bonds. The predicted octanol–water partition coefficient (Wildman–Crippen LogP) is 5.74. The SMILES string of the molecule is Cc1ccc(CN(CCc2ccccc2)C(=O)CN(CCC(C)C)C(=O)Nc2ccccc2)o1. The Labute approximate surface area is 202 Å². The van der Waals surface area contributed by atoms with E-state index in [1.807, 2.05) is 67.6 Å². The van der Waals surface area contributed by atoms with E-state index >= 15 is 0 Å². The van der Waals surface area contributed by atoms with Crippen LogP contribution in [0.25, 0.3) is 0 Å². The van der Waals surface area contributed by atoms with E-state index in [2.05, 4.69) is 31.3 Å². The van der Waals surface area contributed by atoms with Crippen LogP contribution in [0.3, 0.4) is 0 Å². The minimum Gasteiger partial charge on any atom is -0.464 e. The first kappa shape index (κ1) is 25.1. The van der Waals surface area contributed by atoms with Crippen LogP contribution in [-0.2, 0) is 17.8 Å². The Morgan fingerprint density at radius 2 is 1.56 bits per heavy atom. The van der Waals surface area contributed by atoms with Crippen LogP contribution in [0.4, 0.5) is 10.5 Å². The van der Waals surface area contributed by atoms with Crippen molar-refractivity contribution in [2.24, 2.45) is 5.92 Å². The number of hydrogen-bond acceptors (Lipinski definition) is 3. The van der Waals surface area contributed by atoms with Gasteiger partial charge in [-0.15, -0.1) is 0 Å². The second kappa shape index (κ2) is 12.6. The number of rotatable bonds is 11. The number of carbonyl (C=O) groups excluding carboxylic acids is 2. The fourth-order valence-corrected chi connectivity index (χ4v) is 3.61. The first-order valence-corrected chi connectivity index (χ1v) is 11.9. The Balaban J connectivity index is 1.72. The van der Waals surface area contributed by atoms with Crippen LogP contribution in [0, 0.1) is 12.8 Å². The molecule has 0 radical (unpaired) electrons. The summed E-state index contributed by atoms with van der Waals surface area (Å²) in [6.45, 7) is 7.55. The van der Waals surface area contributed by atoms with Gasteiger partial charge in [-0.1, -0.05) is 62.4 Å². The topological polar surface area (TPSA) is 65.8 Å². The van der Waals surface area contributed by atoms with Crippen molar-refractivity contribution >= 4 is 17.6 Å². The molecule has 3 aromatic rings. The van der Waals surface area contributed by atoms with Crippen molar-refractivity contribution in [2.45, 2.75) is 40.2 Å². The van der Waals surface area contributed by atoms with Crippen LogP contribution in [0.2, 0.25) is 0 Å². The zero-order valence-electron chi connectivity index (χ0n) is 20.4. The summed E-state index contributed by atoms with van der Waals surface area (Å²) in [5, 5.41) is 2.92. The van der Waals surface area contributed by atoms with Gasteiger partial charge in [0.05, 0.1) is 6.54 Å². The van der Waals surface area contributed by atoms with Crippen LogP contribution in [0.15, 0.2) is 77.2 Å². The number of amides is 3. The first-order valence-electron chi connectivity index (χ1n) is 11.9. The van der Waals surface area contributed by atoms with Crippen molar-refractivity contribution in [2.75, 3.05) is 25.0 Å². The van der Waals surface area contributed by atoms with E-state index in [-0.39, 0.29) is 18.5 Å². The molecule has 34 heavy (non-hydrogen) atoms. The number of para-hydroxylation sites is 1. The van der Waals surface area contributed by atoms with Gasteiger partial charge in [0.15, 0.2) is 0 Å². The maximum atomic E-state index is 13.5. The lowest BCUT2D eigenvalue weighted by Crippen LogP contribution is -2.45. The number of furan rings is 1. The average molecular weight is 462 g/mol. The highest BCUT2D eigenvalue weighted by Gasteiger charge is 2.22. The molecule has 0 atom stereocenters. The molecule has 0 spiro atoms. The van der Waals surface area contributed by atoms with E-state index in [0.717, 1.165) is 29.9 Å². The normalized spacial score (nSPS) is 10.8. The number of anilines is 1. The Morgan fingerprint density at radius 3 is 2.18 bits per heavy atom. The lowest BCUT2D eigenvalue weighted by atomic mass is 10.1. The van der Waals surface area contributed by atoms with Gasteiger partial charge in [0.25, 0.3) is 0 Å². The molecule has 6 heteroatoms. The van der Waals surface area contributed by atoms with Crippen molar-refractivity contribution in [3.8, 4) is 0 Å². The van der Waals surface area contributed by atoms with Gasteiger partial charge in [-0.25, -0.2) is 4.79 Å². The summed E-state index contributed by atoms with van der Waals surface area (Å²) < 4.78 is 5.74. The Hall–Kier alpha value is -3.54. The van der Waals surface area contributed by atoms with Gasteiger partial charge in [0.1, 0.15) is 18.1 Å². The molecule has 0 aliphatic heterocycles. The van der Waals surface area contributed by atoms with Crippen LogP contribution < -0.4 is 5.32 Å². The zero-order chi connectivity index (χ0) is 24.3. The number of urea groups is 1. The first-order chi connectivity index (χ1) is 16.4. The highest BCUT2D eigenvalue weighted by atomic mass is 16.3. The van der Waals surface area contributed by atoms with Gasteiger partial charge in [-0.05, 0) is 55.5 Å². The largest absolute Gasteiger partial charge is 0.464 e. The summed E-state index contributed by atoms with van der Waals surface area (Å²) in [4.78, 5) is 29.9. The highest BCUT2D eigenvalue weighted by Crippen LogP contribution is 2.13. The van der Waals surface area contributed by atoms with E-state index in [9.17, 15) is 9.59 Å². The third kappa shape index (κ3) is 8.10. The van der Waals surface area contributed by atoms with Crippen LogP contribution in [-0.4, -0.2) is 41.4 Å². The maximum Gasteiger partial charge on any atom is 0.322 e. The zero-order valence-corrected chi connectivity index (χ0v) is 20.4. The van der Waals surface area contributed by atoms with Crippen molar-refractivity contribution < 1.29 is 14.0 Å². The second-order valence-electron chi connectivity index (χ2n) is 8.96. The number of nitrogens with zero attached hydrogens (tertiary/aromatic N) is 2. The molecule has 2 aromatic carbocycles. The van der Waals surface area contributed by atoms with Gasteiger partial charge in [0, 0.05) is 18.8 Å². The smallest absolute Gasteiger partial charge is 0.322 e. The van der Waals surface area contributed by atoms with Gasteiger partial charge >= 0.3 is 6.03 Å². The van der Waals surface area contributed by atoms with E-state index in [1.165, 1.54) is 0 Å². The molecule has 0 fully saturated rings. The molecule has 0 aliphatic rings. The third-order valence-corrected chi connectivity index (χ3v) is 5.62. The predicted molar refractivity (Wildman–Crippen MR) is 135 cm³/mol. The number of nitrogens with one attached hydrogen (secondary N) is 1. The summed E-state index contributed by atoms with van der Waals surface area (Å²) in [6, 6.07) is 22.9. The van der Waals surface area contributed by atoms with Crippen molar-refractivity contribution in [1.29, 1.82) is 0 Å². The molecular weight excluding hydrogens is 426 g/mol. The Morgan fingerprint density at radius 1 is 0.882 bits per heavy atom. The molecule has 6 nitrogen and oxygen atoms in total. The fraction of sp³-hybridized carbons (Fsp3) is 0.357. The molecule has 0 saturated heterocycles. The Bertz CT molecular complexity index is 1030. The number of aryl methyl sites for hydroxylation is 1. The number of carbonyl (C=O) groups is 2. The highest BCUT2D eigenvalue weighted by molar-refractivity contribution is 5.92. The number of hydrogen-bond donors (Lipinski definition) is 1. The van der Waals surface area contributed by atoms with E-state index in [1.54, 1.807) is 9.80 Å². The molecule has 0 saturated carbocycles. The molecule has 180 valence electrons. The molecular formula is C28H35N3O3. The lowest BCUT2D eigenvalue weighted by Gasteiger charge is -2.28. The second-order valence-corrected chi connectivity index (χ2v) is 8.96. The standard InChI is InChI=1S/C28H35N3O3/c1-22(2)16-18-31(28(33)29-25-12-8-5-9-13-25)21-27(32)30(20-26-15-14-23(3)34-26)19-17-24-10-6-4-7-11-24/h4-15,22H,16-21H2,1-3H3,(H,29,33). The monoisotopic (exact) mass is 461 g/mol. The quantitative estimate of drug-likeness (QED) is 0.396. The van der Waals surface area contributed by atoms with Crippen LogP contribution in [0.5, 0.6) is 0 Å².